The number of hydrogen-bond acceptors (Lipinski definition) is 4. The summed E-state index contributed by atoms with van der Waals surface area (Å²) in [6, 6.07) is 12.1. The average molecular weight is 274 g/mol. The standard InChI is InChI=1S/C14H15BO3S/c1-2-16-12-8-14(19-10-12)13-9-17-15(18-13)11-6-4-3-5-7-11/h3-8,10,13H,2,9H2,1H3. The third kappa shape index (κ3) is 2.83. The topological polar surface area (TPSA) is 27.7 Å². The average Bonchev–Trinajstić information content (AvgIpc) is 3.08. The van der Waals surface area contributed by atoms with Gasteiger partial charge in [-0.3, -0.25) is 0 Å². The quantitative estimate of drug-likeness (QED) is 0.802. The van der Waals surface area contributed by atoms with Gasteiger partial charge in [-0.25, -0.2) is 0 Å². The molecule has 19 heavy (non-hydrogen) atoms. The molecule has 1 aliphatic heterocycles. The van der Waals surface area contributed by atoms with Gasteiger partial charge in [-0.15, -0.1) is 11.3 Å². The van der Waals surface area contributed by atoms with Gasteiger partial charge >= 0.3 is 7.12 Å². The maximum absolute atomic E-state index is 5.96. The minimum absolute atomic E-state index is 0.00409. The van der Waals surface area contributed by atoms with Crippen molar-refractivity contribution in [2.24, 2.45) is 0 Å². The summed E-state index contributed by atoms with van der Waals surface area (Å²) in [5.74, 6) is 0.911. The van der Waals surface area contributed by atoms with E-state index in [-0.39, 0.29) is 13.2 Å². The van der Waals surface area contributed by atoms with Crippen molar-refractivity contribution in [2.75, 3.05) is 13.2 Å². The van der Waals surface area contributed by atoms with E-state index in [1.807, 2.05) is 48.7 Å². The molecule has 5 heteroatoms. The number of thiophene rings is 1. The molecule has 0 N–H and O–H groups in total. The third-order valence-electron chi connectivity index (χ3n) is 2.98. The molecule has 1 saturated heterocycles. The second-order valence-electron chi connectivity index (χ2n) is 4.32. The van der Waals surface area contributed by atoms with E-state index < -0.39 is 0 Å². The molecule has 2 heterocycles. The largest absolute Gasteiger partial charge is 0.494 e. The van der Waals surface area contributed by atoms with Crippen molar-refractivity contribution in [3.63, 3.8) is 0 Å². The molecule has 1 aromatic carbocycles. The van der Waals surface area contributed by atoms with Gasteiger partial charge in [0.15, 0.2) is 0 Å². The van der Waals surface area contributed by atoms with Crippen LogP contribution in [0.1, 0.15) is 17.9 Å². The van der Waals surface area contributed by atoms with Gasteiger partial charge in [0.2, 0.25) is 0 Å². The minimum atomic E-state index is -0.260. The first-order chi connectivity index (χ1) is 9.36. The predicted molar refractivity (Wildman–Crippen MR) is 77.1 cm³/mol. The molecule has 0 bridgehead atoms. The summed E-state index contributed by atoms with van der Waals surface area (Å²) in [5, 5.41) is 2.01. The maximum atomic E-state index is 5.96. The smallest absolute Gasteiger partial charge is 0.493 e. The van der Waals surface area contributed by atoms with Crippen LogP contribution in [0, 0.1) is 0 Å². The number of benzene rings is 1. The highest BCUT2D eigenvalue weighted by molar-refractivity contribution is 7.10. The second-order valence-corrected chi connectivity index (χ2v) is 5.26. The Morgan fingerprint density at radius 3 is 3.00 bits per heavy atom. The molecule has 1 fully saturated rings. The van der Waals surface area contributed by atoms with Gasteiger partial charge < -0.3 is 14.0 Å². The molecule has 0 radical (unpaired) electrons. The van der Waals surface area contributed by atoms with E-state index in [0.29, 0.717) is 13.2 Å². The van der Waals surface area contributed by atoms with Crippen molar-refractivity contribution in [1.82, 2.24) is 0 Å². The molecule has 0 spiro atoms. The molecule has 0 aliphatic carbocycles. The van der Waals surface area contributed by atoms with Gasteiger partial charge in [-0.2, -0.15) is 0 Å². The van der Waals surface area contributed by atoms with E-state index in [0.717, 1.165) is 16.1 Å². The van der Waals surface area contributed by atoms with Crippen molar-refractivity contribution < 1.29 is 14.0 Å². The zero-order valence-corrected chi connectivity index (χ0v) is 11.6. The minimum Gasteiger partial charge on any atom is -0.493 e. The molecule has 1 aromatic heterocycles. The molecule has 0 amide bonds. The van der Waals surface area contributed by atoms with E-state index in [2.05, 4.69) is 0 Å². The predicted octanol–water partition coefficient (Wildman–Crippen LogP) is 2.63. The third-order valence-corrected chi connectivity index (χ3v) is 3.99. The first-order valence-corrected chi connectivity index (χ1v) is 7.28. The highest BCUT2D eigenvalue weighted by Gasteiger charge is 2.34. The summed E-state index contributed by atoms with van der Waals surface area (Å²) in [7, 11) is -0.260. The van der Waals surface area contributed by atoms with Crippen LogP contribution >= 0.6 is 11.3 Å². The van der Waals surface area contributed by atoms with Gasteiger partial charge in [-0.1, -0.05) is 30.3 Å². The monoisotopic (exact) mass is 274 g/mol. The molecule has 2 aromatic rings. The molecule has 3 rings (SSSR count). The van der Waals surface area contributed by atoms with Gasteiger partial charge in [0.25, 0.3) is 0 Å². The summed E-state index contributed by atoms with van der Waals surface area (Å²) in [5.41, 5.74) is 1.06. The number of ether oxygens (including phenoxy) is 1. The van der Waals surface area contributed by atoms with E-state index in [1.165, 1.54) is 0 Å². The lowest BCUT2D eigenvalue weighted by molar-refractivity contribution is 0.245. The lowest BCUT2D eigenvalue weighted by atomic mass is 9.79. The fourth-order valence-corrected chi connectivity index (χ4v) is 2.93. The van der Waals surface area contributed by atoms with E-state index in [9.17, 15) is 0 Å². The fraction of sp³-hybridized carbons (Fsp3) is 0.286. The molecular formula is C14H15BO3S. The Morgan fingerprint density at radius 1 is 1.37 bits per heavy atom. The van der Waals surface area contributed by atoms with Crippen LogP contribution in [-0.4, -0.2) is 20.3 Å². The van der Waals surface area contributed by atoms with E-state index in [4.69, 9.17) is 14.0 Å². The lowest BCUT2D eigenvalue weighted by Gasteiger charge is -2.07. The van der Waals surface area contributed by atoms with Crippen LogP contribution < -0.4 is 10.2 Å². The van der Waals surface area contributed by atoms with Gasteiger partial charge in [0.1, 0.15) is 5.75 Å². The van der Waals surface area contributed by atoms with Gasteiger partial charge in [0, 0.05) is 10.3 Å². The fourth-order valence-electron chi connectivity index (χ4n) is 2.08. The summed E-state index contributed by atoms with van der Waals surface area (Å²) in [6.07, 6.45) is 0.00409. The Bertz CT molecular complexity index is 528. The number of rotatable bonds is 4. The lowest BCUT2D eigenvalue weighted by Crippen LogP contribution is -2.31. The van der Waals surface area contributed by atoms with Crippen molar-refractivity contribution >= 4 is 23.9 Å². The normalized spacial score (nSPS) is 18.8. The van der Waals surface area contributed by atoms with Crippen LogP contribution in [0.4, 0.5) is 0 Å². The Balaban J connectivity index is 1.68. The van der Waals surface area contributed by atoms with Crippen LogP contribution in [-0.2, 0) is 9.31 Å². The highest BCUT2D eigenvalue weighted by Crippen LogP contribution is 2.32. The molecule has 1 atom stereocenters. The van der Waals surface area contributed by atoms with Crippen LogP contribution in [0.15, 0.2) is 41.8 Å². The second kappa shape index (κ2) is 5.78. The highest BCUT2D eigenvalue weighted by atomic mass is 32.1. The summed E-state index contributed by atoms with van der Waals surface area (Å²) >= 11 is 1.65. The maximum Gasteiger partial charge on any atom is 0.494 e. The molecule has 0 saturated carbocycles. The van der Waals surface area contributed by atoms with Gasteiger partial charge in [0.05, 0.1) is 19.3 Å². The zero-order chi connectivity index (χ0) is 13.1. The number of hydrogen-bond donors (Lipinski definition) is 0. The first-order valence-electron chi connectivity index (χ1n) is 6.40. The van der Waals surface area contributed by atoms with Crippen LogP contribution in [0.25, 0.3) is 0 Å². The van der Waals surface area contributed by atoms with Crippen molar-refractivity contribution in [2.45, 2.75) is 13.0 Å². The SMILES string of the molecule is CCOc1csc(C2COB(c3ccccc3)O2)c1. The Hall–Kier alpha value is -1.30. The summed E-state index contributed by atoms with van der Waals surface area (Å²) in [6.45, 7) is 3.26. The Kier molecular flexibility index (Phi) is 3.87. The van der Waals surface area contributed by atoms with Crippen LogP contribution in [0.3, 0.4) is 0 Å². The summed E-state index contributed by atoms with van der Waals surface area (Å²) < 4.78 is 17.1. The van der Waals surface area contributed by atoms with Gasteiger partial charge in [-0.05, 0) is 18.5 Å². The van der Waals surface area contributed by atoms with Crippen LogP contribution in [0.5, 0.6) is 5.75 Å². The molecule has 1 unspecified atom stereocenters. The van der Waals surface area contributed by atoms with Crippen molar-refractivity contribution in [1.29, 1.82) is 0 Å². The molecular weight excluding hydrogens is 259 g/mol. The van der Waals surface area contributed by atoms with Crippen LogP contribution in [0.2, 0.25) is 0 Å². The molecule has 98 valence electrons. The Morgan fingerprint density at radius 2 is 2.21 bits per heavy atom. The summed E-state index contributed by atoms with van der Waals surface area (Å²) in [4.78, 5) is 1.15. The molecule has 1 aliphatic rings. The van der Waals surface area contributed by atoms with E-state index in [1.54, 1.807) is 11.3 Å². The molecule has 3 nitrogen and oxygen atoms in total. The van der Waals surface area contributed by atoms with E-state index >= 15 is 0 Å². The Labute approximate surface area is 117 Å². The zero-order valence-electron chi connectivity index (χ0n) is 10.7. The first kappa shape index (κ1) is 12.7. The van der Waals surface area contributed by atoms with Crippen molar-refractivity contribution in [3.05, 3.63) is 46.7 Å². The van der Waals surface area contributed by atoms with Crippen molar-refractivity contribution in [3.8, 4) is 5.75 Å².